The van der Waals surface area contributed by atoms with Gasteiger partial charge in [-0.25, -0.2) is 0 Å². The Labute approximate surface area is 139 Å². The molecule has 24 heavy (non-hydrogen) atoms. The summed E-state index contributed by atoms with van der Waals surface area (Å²) in [5, 5.41) is 0. The van der Waals surface area contributed by atoms with Crippen LogP contribution in [0.4, 0.5) is 0 Å². The molecule has 0 aromatic heterocycles. The number of hydrogen-bond acceptors (Lipinski definition) is 5. The predicted octanol–water partition coefficient (Wildman–Crippen LogP) is 2.21. The molecule has 0 saturated carbocycles. The van der Waals surface area contributed by atoms with E-state index in [4.69, 9.17) is 19.9 Å². The Morgan fingerprint density at radius 3 is 2.33 bits per heavy atom. The SMILES string of the molecule is NC(=O)c1ccc(OCC(=O)c2ccc3c(c2)OCCCO3)cc1. The first kappa shape index (κ1) is 15.9. The lowest BCUT2D eigenvalue weighted by Gasteiger charge is -2.10. The molecule has 0 radical (unpaired) electrons. The number of carbonyl (C=O) groups excluding carboxylic acids is 2. The molecule has 0 saturated heterocycles. The third kappa shape index (κ3) is 3.65. The molecule has 0 aliphatic carbocycles. The highest BCUT2D eigenvalue weighted by atomic mass is 16.5. The third-order valence-corrected chi connectivity index (χ3v) is 3.58. The molecule has 6 heteroatoms. The quantitative estimate of drug-likeness (QED) is 0.851. The van der Waals surface area contributed by atoms with Crippen LogP contribution in [0, 0.1) is 0 Å². The minimum atomic E-state index is -0.509. The van der Waals surface area contributed by atoms with Gasteiger partial charge in [-0.1, -0.05) is 0 Å². The molecular weight excluding hydrogens is 310 g/mol. The van der Waals surface area contributed by atoms with Crippen LogP contribution >= 0.6 is 0 Å². The summed E-state index contributed by atoms with van der Waals surface area (Å²) in [5.41, 5.74) is 6.05. The number of fused-ring (bicyclic) bond motifs is 1. The van der Waals surface area contributed by atoms with Crippen LogP contribution in [-0.2, 0) is 0 Å². The van der Waals surface area contributed by atoms with Crippen molar-refractivity contribution in [2.45, 2.75) is 6.42 Å². The molecule has 0 spiro atoms. The highest BCUT2D eigenvalue weighted by Gasteiger charge is 2.14. The molecule has 1 aliphatic heterocycles. The fourth-order valence-corrected chi connectivity index (χ4v) is 2.28. The average Bonchev–Trinajstić information content (AvgIpc) is 2.84. The second-order valence-electron chi connectivity index (χ2n) is 5.31. The molecule has 2 aromatic carbocycles. The van der Waals surface area contributed by atoms with Gasteiger partial charge in [-0.2, -0.15) is 0 Å². The molecule has 0 atom stereocenters. The summed E-state index contributed by atoms with van der Waals surface area (Å²) in [7, 11) is 0. The predicted molar refractivity (Wildman–Crippen MR) is 86.8 cm³/mol. The normalized spacial score (nSPS) is 13.0. The molecule has 0 bridgehead atoms. The summed E-state index contributed by atoms with van der Waals surface area (Å²) in [4.78, 5) is 23.3. The van der Waals surface area contributed by atoms with Gasteiger partial charge in [0.15, 0.2) is 23.9 Å². The molecule has 3 rings (SSSR count). The molecule has 2 N–H and O–H groups in total. The number of Topliss-reactive ketones (excluding diaryl/α,β-unsaturated/α-hetero) is 1. The summed E-state index contributed by atoms with van der Waals surface area (Å²) in [6.45, 7) is 1.05. The van der Waals surface area contributed by atoms with E-state index in [1.165, 1.54) is 0 Å². The first-order chi connectivity index (χ1) is 11.6. The van der Waals surface area contributed by atoms with Crippen molar-refractivity contribution in [1.82, 2.24) is 0 Å². The summed E-state index contributed by atoms with van der Waals surface area (Å²) in [5.74, 6) is 1.02. The summed E-state index contributed by atoms with van der Waals surface area (Å²) >= 11 is 0. The van der Waals surface area contributed by atoms with Crippen molar-refractivity contribution in [2.24, 2.45) is 5.73 Å². The molecule has 0 fully saturated rings. The number of hydrogen-bond donors (Lipinski definition) is 1. The topological polar surface area (TPSA) is 87.9 Å². The van der Waals surface area contributed by atoms with Gasteiger partial charge in [0.1, 0.15) is 5.75 Å². The zero-order chi connectivity index (χ0) is 16.9. The molecule has 0 unspecified atom stereocenters. The van der Waals surface area contributed by atoms with Crippen LogP contribution in [-0.4, -0.2) is 31.5 Å². The van der Waals surface area contributed by atoms with Crippen molar-refractivity contribution in [1.29, 1.82) is 0 Å². The summed E-state index contributed by atoms with van der Waals surface area (Å²) in [6.07, 6.45) is 0.808. The van der Waals surface area contributed by atoms with Gasteiger partial charge in [-0.3, -0.25) is 9.59 Å². The second-order valence-corrected chi connectivity index (χ2v) is 5.31. The van der Waals surface area contributed by atoms with Crippen molar-refractivity contribution in [3.05, 3.63) is 53.6 Å². The van der Waals surface area contributed by atoms with Crippen LogP contribution in [0.25, 0.3) is 0 Å². The summed E-state index contributed by atoms with van der Waals surface area (Å²) in [6, 6.07) is 11.4. The smallest absolute Gasteiger partial charge is 0.248 e. The minimum absolute atomic E-state index is 0.116. The van der Waals surface area contributed by atoms with Gasteiger partial charge in [0.2, 0.25) is 5.91 Å². The van der Waals surface area contributed by atoms with E-state index in [0.717, 1.165) is 6.42 Å². The Kier molecular flexibility index (Phi) is 4.65. The van der Waals surface area contributed by atoms with Gasteiger partial charge in [-0.15, -0.1) is 0 Å². The minimum Gasteiger partial charge on any atom is -0.490 e. The van der Waals surface area contributed by atoms with Crippen molar-refractivity contribution < 1.29 is 23.8 Å². The average molecular weight is 327 g/mol. The Morgan fingerprint density at radius 1 is 0.958 bits per heavy atom. The van der Waals surface area contributed by atoms with Crippen LogP contribution in [0.15, 0.2) is 42.5 Å². The maximum Gasteiger partial charge on any atom is 0.248 e. The Morgan fingerprint density at radius 2 is 1.62 bits per heavy atom. The third-order valence-electron chi connectivity index (χ3n) is 3.58. The first-order valence-electron chi connectivity index (χ1n) is 7.59. The van der Waals surface area contributed by atoms with Gasteiger partial charge in [0.05, 0.1) is 13.2 Å². The zero-order valence-electron chi connectivity index (χ0n) is 13.0. The molecule has 1 amide bonds. The first-order valence-corrected chi connectivity index (χ1v) is 7.59. The number of rotatable bonds is 5. The van der Waals surface area contributed by atoms with Gasteiger partial charge >= 0.3 is 0 Å². The van der Waals surface area contributed by atoms with E-state index in [2.05, 4.69) is 0 Å². The molecule has 124 valence electrons. The lowest BCUT2D eigenvalue weighted by Crippen LogP contribution is -2.13. The summed E-state index contributed by atoms with van der Waals surface area (Å²) < 4.78 is 16.6. The Hall–Kier alpha value is -3.02. The fraction of sp³-hybridized carbons (Fsp3) is 0.222. The number of benzene rings is 2. The lowest BCUT2D eigenvalue weighted by molar-refractivity contribution is 0.0919. The Bertz CT molecular complexity index is 755. The largest absolute Gasteiger partial charge is 0.490 e. The van der Waals surface area contributed by atoms with E-state index < -0.39 is 5.91 Å². The highest BCUT2D eigenvalue weighted by molar-refractivity contribution is 5.98. The van der Waals surface area contributed by atoms with Crippen molar-refractivity contribution in [2.75, 3.05) is 19.8 Å². The highest BCUT2D eigenvalue weighted by Crippen LogP contribution is 2.30. The van der Waals surface area contributed by atoms with E-state index in [-0.39, 0.29) is 12.4 Å². The van der Waals surface area contributed by atoms with Crippen molar-refractivity contribution >= 4 is 11.7 Å². The van der Waals surface area contributed by atoms with Gasteiger partial charge in [-0.05, 0) is 42.5 Å². The number of amides is 1. The van der Waals surface area contributed by atoms with Crippen molar-refractivity contribution in [3.63, 3.8) is 0 Å². The molecule has 1 heterocycles. The Balaban J connectivity index is 1.64. The van der Waals surface area contributed by atoms with Gasteiger partial charge < -0.3 is 19.9 Å². The monoisotopic (exact) mass is 327 g/mol. The van der Waals surface area contributed by atoms with Gasteiger partial charge in [0.25, 0.3) is 0 Å². The number of carbonyl (C=O) groups is 2. The second kappa shape index (κ2) is 7.04. The van der Waals surface area contributed by atoms with Gasteiger partial charge in [0, 0.05) is 17.5 Å². The lowest BCUT2D eigenvalue weighted by atomic mass is 10.1. The van der Waals surface area contributed by atoms with Crippen LogP contribution in [0.1, 0.15) is 27.1 Å². The number of ether oxygens (including phenoxy) is 3. The number of primary amides is 1. The fourth-order valence-electron chi connectivity index (χ4n) is 2.28. The maximum absolute atomic E-state index is 12.3. The van der Waals surface area contributed by atoms with Crippen LogP contribution in [0.3, 0.4) is 0 Å². The molecular formula is C18H17NO5. The van der Waals surface area contributed by atoms with E-state index in [1.807, 2.05) is 0 Å². The van der Waals surface area contributed by atoms with E-state index in [0.29, 0.717) is 41.6 Å². The number of ketones is 1. The van der Waals surface area contributed by atoms with Crippen LogP contribution in [0.2, 0.25) is 0 Å². The zero-order valence-corrected chi connectivity index (χ0v) is 13.0. The maximum atomic E-state index is 12.3. The van der Waals surface area contributed by atoms with E-state index in [9.17, 15) is 9.59 Å². The number of nitrogens with two attached hydrogens (primary N) is 1. The van der Waals surface area contributed by atoms with E-state index >= 15 is 0 Å². The van der Waals surface area contributed by atoms with Crippen LogP contribution in [0.5, 0.6) is 17.2 Å². The molecule has 1 aliphatic rings. The van der Waals surface area contributed by atoms with E-state index in [1.54, 1.807) is 42.5 Å². The standard InChI is InChI=1S/C18H17NO5/c19-18(21)12-2-5-14(6-3-12)24-11-15(20)13-4-7-16-17(10-13)23-9-1-8-22-16/h2-7,10H,1,8-9,11H2,(H2,19,21). The van der Waals surface area contributed by atoms with Crippen LogP contribution < -0.4 is 19.9 Å². The van der Waals surface area contributed by atoms with Crippen molar-refractivity contribution in [3.8, 4) is 17.2 Å². The molecule has 6 nitrogen and oxygen atoms in total. The molecule has 2 aromatic rings.